The molecule has 0 saturated heterocycles. The fourth-order valence-electron chi connectivity index (χ4n) is 5.42. The second-order valence-corrected chi connectivity index (χ2v) is 11.4. The van der Waals surface area contributed by atoms with Gasteiger partial charge < -0.3 is 14.5 Å². The van der Waals surface area contributed by atoms with Gasteiger partial charge in [-0.05, 0) is 92.5 Å². The lowest BCUT2D eigenvalue weighted by Crippen LogP contribution is -2.28. The first-order valence-electron chi connectivity index (χ1n) is 12.7. The lowest BCUT2D eigenvalue weighted by molar-refractivity contribution is -0.0100. The maximum atomic E-state index is 14.8. The number of benzene rings is 3. The van der Waals surface area contributed by atoms with Crippen molar-refractivity contribution in [1.82, 2.24) is 0 Å². The Kier molecular flexibility index (Phi) is 6.75. The largest absolute Gasteiger partial charge is 0.492 e. The van der Waals surface area contributed by atoms with Gasteiger partial charge in [0.05, 0.1) is 16.3 Å². The number of carbonyl (C=O) groups excluding carboxylic acids is 1. The SMILES string of the molecule is Cc1cc(Cl)c(F)c(C2(C)CC(c3ccc(C(=O)CCc4ccc5c(c4)B(O)OC5(C)C)c(C)c3)=NO2)c1. The zero-order valence-electron chi connectivity index (χ0n) is 22.2. The highest BCUT2D eigenvalue weighted by Gasteiger charge is 2.41. The van der Waals surface area contributed by atoms with Crippen molar-refractivity contribution in [3.8, 4) is 0 Å². The summed E-state index contributed by atoms with van der Waals surface area (Å²) in [5.41, 5.74) is 5.44. The third-order valence-corrected chi connectivity index (χ3v) is 7.82. The van der Waals surface area contributed by atoms with E-state index in [0.717, 1.165) is 33.3 Å². The van der Waals surface area contributed by atoms with Gasteiger partial charge in [0.25, 0.3) is 0 Å². The molecule has 0 radical (unpaired) electrons. The van der Waals surface area contributed by atoms with E-state index in [1.165, 1.54) is 0 Å². The number of rotatable bonds is 6. The Bertz CT molecular complexity index is 1490. The van der Waals surface area contributed by atoms with E-state index in [0.29, 0.717) is 36.1 Å². The van der Waals surface area contributed by atoms with E-state index >= 15 is 0 Å². The molecule has 2 aliphatic heterocycles. The van der Waals surface area contributed by atoms with E-state index in [1.54, 1.807) is 19.1 Å². The molecule has 196 valence electrons. The highest BCUT2D eigenvalue weighted by molar-refractivity contribution is 6.62. The van der Waals surface area contributed by atoms with Crippen molar-refractivity contribution in [1.29, 1.82) is 0 Å². The molecule has 1 atom stereocenters. The first-order chi connectivity index (χ1) is 17.9. The first kappa shape index (κ1) is 26.6. The standard InChI is InChI=1S/C30H30BClFNO4/c1-17-12-23(28(33)25(32)13-17)30(5)16-26(34-38-30)20-8-9-21(18(2)14-20)27(35)11-7-19-6-10-22-24(15-19)31(36)37-29(22,3)4/h6,8-10,12-15,36H,7,11,16H2,1-5H3. The van der Waals surface area contributed by atoms with Crippen LogP contribution in [0.2, 0.25) is 5.02 Å². The minimum atomic E-state index is -0.971. The number of hydrogen-bond donors (Lipinski definition) is 1. The van der Waals surface area contributed by atoms with Gasteiger partial charge in [0.2, 0.25) is 0 Å². The number of halogens is 2. The number of hydrogen-bond acceptors (Lipinski definition) is 5. The molecule has 0 bridgehead atoms. The molecular formula is C30H30BClFNO4. The van der Waals surface area contributed by atoms with Crippen LogP contribution in [-0.4, -0.2) is 23.6 Å². The normalized spacial score (nSPS) is 19.8. The number of nitrogens with zero attached hydrogens (tertiary/aromatic N) is 1. The van der Waals surface area contributed by atoms with E-state index < -0.39 is 24.1 Å². The molecule has 5 rings (SSSR count). The summed E-state index contributed by atoms with van der Waals surface area (Å²) in [5, 5.41) is 14.6. The first-order valence-corrected chi connectivity index (χ1v) is 13.1. The average molecular weight is 534 g/mol. The number of ketones is 1. The molecule has 2 heterocycles. The highest BCUT2D eigenvalue weighted by Crippen LogP contribution is 2.39. The fraction of sp³-hybridized carbons (Fsp3) is 0.333. The summed E-state index contributed by atoms with van der Waals surface area (Å²) < 4.78 is 20.4. The van der Waals surface area contributed by atoms with Crippen LogP contribution in [-0.2, 0) is 27.1 Å². The maximum Gasteiger partial charge on any atom is 0.492 e. The molecule has 0 saturated carbocycles. The summed E-state index contributed by atoms with van der Waals surface area (Å²) in [4.78, 5) is 18.8. The number of fused-ring (bicyclic) bond motifs is 1. The molecule has 0 amide bonds. The van der Waals surface area contributed by atoms with Crippen molar-refractivity contribution in [2.24, 2.45) is 5.16 Å². The van der Waals surface area contributed by atoms with E-state index in [-0.39, 0.29) is 10.8 Å². The van der Waals surface area contributed by atoms with Gasteiger partial charge in [-0.15, -0.1) is 0 Å². The Labute approximate surface area is 227 Å². The zero-order chi connectivity index (χ0) is 27.4. The molecule has 1 N–H and O–H groups in total. The molecular weight excluding hydrogens is 504 g/mol. The van der Waals surface area contributed by atoms with Crippen LogP contribution in [0.1, 0.15) is 77.4 Å². The van der Waals surface area contributed by atoms with Gasteiger partial charge >= 0.3 is 7.12 Å². The van der Waals surface area contributed by atoms with Crippen LogP contribution in [0.25, 0.3) is 0 Å². The molecule has 0 aliphatic carbocycles. The van der Waals surface area contributed by atoms with Crippen LogP contribution < -0.4 is 5.46 Å². The molecule has 5 nitrogen and oxygen atoms in total. The monoisotopic (exact) mass is 533 g/mol. The molecule has 0 spiro atoms. The fourth-order valence-corrected chi connectivity index (χ4v) is 5.70. The van der Waals surface area contributed by atoms with Crippen molar-refractivity contribution >= 4 is 35.7 Å². The van der Waals surface area contributed by atoms with Crippen LogP contribution in [0.3, 0.4) is 0 Å². The van der Waals surface area contributed by atoms with Crippen molar-refractivity contribution in [3.05, 3.63) is 98.3 Å². The van der Waals surface area contributed by atoms with Crippen LogP contribution in [0.15, 0.2) is 53.7 Å². The van der Waals surface area contributed by atoms with Crippen LogP contribution >= 0.6 is 11.6 Å². The third kappa shape index (κ3) is 4.79. The molecule has 2 aliphatic rings. The Morgan fingerprint density at radius 2 is 1.87 bits per heavy atom. The van der Waals surface area contributed by atoms with Crippen molar-refractivity contribution in [2.75, 3.05) is 0 Å². The van der Waals surface area contributed by atoms with E-state index in [2.05, 4.69) is 5.16 Å². The Morgan fingerprint density at radius 3 is 2.61 bits per heavy atom. The summed E-state index contributed by atoms with van der Waals surface area (Å²) in [7, 11) is -0.950. The molecule has 1 unspecified atom stereocenters. The van der Waals surface area contributed by atoms with Gasteiger partial charge in [-0.25, -0.2) is 4.39 Å². The van der Waals surface area contributed by atoms with E-state index in [9.17, 15) is 14.2 Å². The summed E-state index contributed by atoms with van der Waals surface area (Å²) in [6.45, 7) is 9.41. The van der Waals surface area contributed by atoms with Crippen LogP contribution in [0.5, 0.6) is 0 Å². The van der Waals surface area contributed by atoms with Gasteiger partial charge in [-0.1, -0.05) is 47.1 Å². The molecule has 38 heavy (non-hydrogen) atoms. The molecule has 3 aromatic carbocycles. The van der Waals surface area contributed by atoms with Crippen molar-refractivity contribution < 1.29 is 23.7 Å². The molecule has 0 fully saturated rings. The predicted molar refractivity (Wildman–Crippen MR) is 148 cm³/mol. The highest BCUT2D eigenvalue weighted by atomic mass is 35.5. The van der Waals surface area contributed by atoms with Crippen LogP contribution in [0.4, 0.5) is 4.39 Å². The quantitative estimate of drug-likeness (QED) is 0.316. The van der Waals surface area contributed by atoms with Gasteiger partial charge in [0, 0.05) is 24.0 Å². The number of aryl methyl sites for hydroxylation is 3. The van der Waals surface area contributed by atoms with E-state index in [1.807, 2.05) is 64.1 Å². The van der Waals surface area contributed by atoms with Crippen molar-refractivity contribution in [3.63, 3.8) is 0 Å². The van der Waals surface area contributed by atoms with Gasteiger partial charge in [0.1, 0.15) is 5.82 Å². The molecule has 8 heteroatoms. The average Bonchev–Trinajstić information content (AvgIpc) is 3.36. The number of carbonyl (C=O) groups is 1. The minimum Gasteiger partial charge on any atom is -0.423 e. The lowest BCUT2D eigenvalue weighted by atomic mass is 9.77. The third-order valence-electron chi connectivity index (χ3n) is 7.54. The zero-order valence-corrected chi connectivity index (χ0v) is 22.9. The summed E-state index contributed by atoms with van der Waals surface area (Å²) in [6, 6.07) is 14.8. The molecule has 0 aromatic heterocycles. The summed E-state index contributed by atoms with van der Waals surface area (Å²) in [6.07, 6.45) is 1.28. The Morgan fingerprint density at radius 1 is 1.11 bits per heavy atom. The topological polar surface area (TPSA) is 68.1 Å². The van der Waals surface area contributed by atoms with Gasteiger partial charge in [-0.3, -0.25) is 4.79 Å². The Balaban J connectivity index is 1.28. The maximum absolute atomic E-state index is 14.8. The summed E-state index contributed by atoms with van der Waals surface area (Å²) in [5.74, 6) is -0.458. The second kappa shape index (κ2) is 9.63. The molecule has 3 aromatic rings. The number of Topliss-reactive ketones (excluding diaryl/α,β-unsaturated/α-hetero) is 1. The predicted octanol–water partition coefficient (Wildman–Crippen LogP) is 5.90. The van der Waals surface area contributed by atoms with E-state index in [4.69, 9.17) is 21.1 Å². The second-order valence-electron chi connectivity index (χ2n) is 11.0. The van der Waals surface area contributed by atoms with Crippen molar-refractivity contribution in [2.45, 2.75) is 65.1 Å². The Hall–Kier alpha value is -3.00. The van der Waals surface area contributed by atoms with Gasteiger partial charge in [0.15, 0.2) is 11.4 Å². The number of oxime groups is 1. The lowest BCUT2D eigenvalue weighted by Gasteiger charge is -2.23. The van der Waals surface area contributed by atoms with Crippen LogP contribution in [0, 0.1) is 19.7 Å². The minimum absolute atomic E-state index is 0.0394. The van der Waals surface area contributed by atoms with Gasteiger partial charge in [-0.2, -0.15) is 0 Å². The summed E-state index contributed by atoms with van der Waals surface area (Å²) >= 11 is 6.07. The smallest absolute Gasteiger partial charge is 0.423 e.